The maximum Gasteiger partial charge on any atom is 0.138 e. The second kappa shape index (κ2) is 13.9. The minimum absolute atomic E-state index is 0.606. The van der Waals surface area contributed by atoms with Gasteiger partial charge < -0.3 is 28.4 Å². The van der Waals surface area contributed by atoms with Crippen molar-refractivity contribution in [3.05, 3.63) is 0 Å². The smallest absolute Gasteiger partial charge is 0.138 e. The van der Waals surface area contributed by atoms with Crippen LogP contribution in [0.4, 0.5) is 0 Å². The van der Waals surface area contributed by atoms with E-state index in [9.17, 15) is 0 Å². The first-order valence-corrected chi connectivity index (χ1v) is 10.0. The Morgan fingerprint density at radius 3 is 1.10 bits per heavy atom. The molecule has 0 bridgehead atoms. The maximum atomic E-state index is 5.67. The summed E-state index contributed by atoms with van der Waals surface area (Å²) in [5.74, 6) is 0. The minimum Gasteiger partial charge on any atom is -0.382 e. The largest absolute Gasteiger partial charge is 0.382 e. The lowest BCUT2D eigenvalue weighted by molar-refractivity contribution is 0.0647. The third-order valence-corrected chi connectivity index (χ3v) is 5.35. The highest BCUT2D eigenvalue weighted by Gasteiger charge is 2.29. The van der Waals surface area contributed by atoms with E-state index in [1.807, 2.05) is 0 Å². The predicted molar refractivity (Wildman–Crippen MR) is 79.7 cm³/mol. The first-order chi connectivity index (χ1) is 9.68. The van der Waals surface area contributed by atoms with Gasteiger partial charge in [0.05, 0.1) is 39.6 Å². The Bertz CT molecular complexity index is 174. The van der Waals surface area contributed by atoms with Crippen molar-refractivity contribution >= 4 is 8.07 Å². The highest BCUT2D eigenvalue weighted by Crippen LogP contribution is 2.06. The molecule has 0 spiro atoms. The van der Waals surface area contributed by atoms with E-state index in [-0.39, 0.29) is 0 Å². The SMILES string of the molecule is COCCOC[Si](C)(COCCOC)COCCOC. The fourth-order valence-corrected chi connectivity index (χ4v) is 3.67. The summed E-state index contributed by atoms with van der Waals surface area (Å²) in [6.07, 6.45) is 2.11. The monoisotopic (exact) mass is 310 g/mol. The molecule has 0 aromatic rings. The highest BCUT2D eigenvalue weighted by molar-refractivity contribution is 6.78. The Morgan fingerprint density at radius 1 is 0.550 bits per heavy atom. The zero-order chi connectivity index (χ0) is 15.1. The van der Waals surface area contributed by atoms with Crippen molar-refractivity contribution in [3.8, 4) is 0 Å². The zero-order valence-electron chi connectivity index (χ0n) is 13.3. The van der Waals surface area contributed by atoms with Gasteiger partial charge in [-0.25, -0.2) is 0 Å². The van der Waals surface area contributed by atoms with Crippen molar-refractivity contribution in [2.24, 2.45) is 0 Å². The topological polar surface area (TPSA) is 55.4 Å². The van der Waals surface area contributed by atoms with E-state index in [0.29, 0.717) is 58.3 Å². The van der Waals surface area contributed by atoms with Crippen LogP contribution in [-0.2, 0) is 28.4 Å². The third kappa shape index (κ3) is 11.8. The Hall–Kier alpha value is -0.0231. The molecule has 0 saturated heterocycles. The average molecular weight is 310 g/mol. The summed E-state index contributed by atoms with van der Waals surface area (Å²) in [7, 11) is 3.27. The number of hydrogen-bond donors (Lipinski definition) is 0. The molecule has 0 aliphatic carbocycles. The van der Waals surface area contributed by atoms with Crippen LogP contribution >= 0.6 is 0 Å². The van der Waals surface area contributed by atoms with Crippen molar-refractivity contribution in [2.45, 2.75) is 6.55 Å². The molecule has 0 radical (unpaired) electrons. The highest BCUT2D eigenvalue weighted by atomic mass is 28.3. The van der Waals surface area contributed by atoms with Crippen LogP contribution in [0.2, 0.25) is 6.55 Å². The summed E-state index contributed by atoms with van der Waals surface area (Å²) < 4.78 is 31.9. The molecule has 0 N–H and O–H groups in total. The Balaban J connectivity index is 3.98. The molecule has 0 unspecified atom stereocenters. The molecule has 0 aliphatic rings. The predicted octanol–water partition coefficient (Wildman–Crippen LogP) is 0.672. The van der Waals surface area contributed by atoms with Crippen molar-refractivity contribution in [3.63, 3.8) is 0 Å². The molecule has 0 saturated carbocycles. The van der Waals surface area contributed by atoms with Crippen molar-refractivity contribution in [1.82, 2.24) is 0 Å². The molecule has 0 fully saturated rings. The fourth-order valence-electron chi connectivity index (χ4n) is 1.51. The standard InChI is InChI=1S/C13H30O6Si/c1-14-5-8-17-11-20(4,12-18-9-6-15-2)13-19-10-7-16-3/h5-13H2,1-4H3. The average Bonchev–Trinajstić information content (AvgIpc) is 2.45. The van der Waals surface area contributed by atoms with E-state index >= 15 is 0 Å². The van der Waals surface area contributed by atoms with Crippen molar-refractivity contribution in [1.29, 1.82) is 0 Å². The second-order valence-electron chi connectivity index (χ2n) is 4.95. The van der Waals surface area contributed by atoms with Crippen LogP contribution < -0.4 is 0 Å². The lowest BCUT2D eigenvalue weighted by Crippen LogP contribution is -2.48. The number of rotatable bonds is 15. The van der Waals surface area contributed by atoms with E-state index in [1.165, 1.54) is 0 Å². The minimum atomic E-state index is -1.73. The van der Waals surface area contributed by atoms with Gasteiger partial charge in [-0.05, 0) is 0 Å². The summed E-state index contributed by atoms with van der Waals surface area (Å²) in [5.41, 5.74) is 0. The van der Waals surface area contributed by atoms with Crippen LogP contribution in [0.5, 0.6) is 0 Å². The molecular formula is C13H30O6Si. The Morgan fingerprint density at radius 2 is 0.850 bits per heavy atom. The van der Waals surface area contributed by atoms with Gasteiger partial charge in [-0.2, -0.15) is 0 Å². The Labute approximate surface area is 123 Å². The quantitative estimate of drug-likeness (QED) is 0.327. The van der Waals surface area contributed by atoms with Gasteiger partial charge in [0.25, 0.3) is 0 Å². The lowest BCUT2D eigenvalue weighted by Gasteiger charge is -2.26. The first-order valence-electron chi connectivity index (χ1n) is 6.88. The van der Waals surface area contributed by atoms with E-state index in [0.717, 1.165) is 0 Å². The normalized spacial score (nSPS) is 12.0. The molecular weight excluding hydrogens is 280 g/mol. The molecule has 0 aliphatic heterocycles. The first kappa shape index (κ1) is 20.0. The van der Waals surface area contributed by atoms with Gasteiger partial charge in [0, 0.05) is 40.0 Å². The van der Waals surface area contributed by atoms with E-state index in [2.05, 4.69) is 6.55 Å². The molecule has 7 heteroatoms. The van der Waals surface area contributed by atoms with E-state index in [1.54, 1.807) is 21.3 Å². The molecule has 0 heterocycles. The molecule has 0 rings (SSSR count). The number of hydrogen-bond acceptors (Lipinski definition) is 6. The number of ether oxygens (including phenoxy) is 6. The van der Waals surface area contributed by atoms with Crippen LogP contribution in [0.1, 0.15) is 0 Å². The summed E-state index contributed by atoms with van der Waals surface area (Å²) in [4.78, 5) is 0. The molecule has 0 amide bonds. The molecule has 122 valence electrons. The van der Waals surface area contributed by atoms with E-state index < -0.39 is 8.07 Å². The van der Waals surface area contributed by atoms with Gasteiger partial charge in [0.2, 0.25) is 0 Å². The van der Waals surface area contributed by atoms with Crippen LogP contribution in [0.15, 0.2) is 0 Å². The molecule has 0 aromatic carbocycles. The third-order valence-electron chi connectivity index (χ3n) is 2.65. The van der Waals surface area contributed by atoms with Crippen LogP contribution in [0.25, 0.3) is 0 Å². The molecule has 0 aromatic heterocycles. The van der Waals surface area contributed by atoms with Crippen molar-refractivity contribution in [2.75, 3.05) is 79.7 Å². The van der Waals surface area contributed by atoms with Gasteiger partial charge >= 0.3 is 0 Å². The van der Waals surface area contributed by atoms with Crippen molar-refractivity contribution < 1.29 is 28.4 Å². The van der Waals surface area contributed by atoms with Crippen LogP contribution in [0.3, 0.4) is 0 Å². The van der Waals surface area contributed by atoms with Gasteiger partial charge in [0.1, 0.15) is 8.07 Å². The second-order valence-corrected chi connectivity index (χ2v) is 9.43. The molecule has 20 heavy (non-hydrogen) atoms. The fraction of sp³-hybridized carbons (Fsp3) is 1.00. The summed E-state index contributed by atoms with van der Waals surface area (Å²) in [5, 5.41) is 0. The zero-order valence-corrected chi connectivity index (χ0v) is 14.3. The molecule has 6 nitrogen and oxygen atoms in total. The van der Waals surface area contributed by atoms with Gasteiger partial charge in [-0.1, -0.05) is 6.55 Å². The number of methoxy groups -OCH3 is 3. The van der Waals surface area contributed by atoms with Gasteiger partial charge in [-0.15, -0.1) is 0 Å². The molecule has 0 atom stereocenters. The van der Waals surface area contributed by atoms with E-state index in [4.69, 9.17) is 28.4 Å². The Kier molecular flexibility index (Phi) is 13.9. The van der Waals surface area contributed by atoms with Gasteiger partial charge in [0.15, 0.2) is 0 Å². The maximum absolute atomic E-state index is 5.67. The summed E-state index contributed by atoms with van der Waals surface area (Å²) in [6.45, 7) is 5.87. The summed E-state index contributed by atoms with van der Waals surface area (Å²) in [6, 6.07) is 0. The lowest BCUT2D eigenvalue weighted by atomic mass is 10.8. The van der Waals surface area contributed by atoms with Gasteiger partial charge in [-0.3, -0.25) is 0 Å². The van der Waals surface area contributed by atoms with Crippen LogP contribution in [0, 0.1) is 0 Å². The summed E-state index contributed by atoms with van der Waals surface area (Å²) >= 11 is 0. The van der Waals surface area contributed by atoms with Crippen LogP contribution in [-0.4, -0.2) is 87.7 Å².